The van der Waals surface area contributed by atoms with Gasteiger partial charge in [0.1, 0.15) is 5.65 Å². The molecule has 3 nitrogen and oxygen atoms in total. The monoisotopic (exact) mass is 266 g/mol. The maximum absolute atomic E-state index is 9.36. The summed E-state index contributed by atoms with van der Waals surface area (Å²) in [7, 11) is 0. The van der Waals surface area contributed by atoms with Gasteiger partial charge >= 0.3 is 0 Å². The van der Waals surface area contributed by atoms with Crippen LogP contribution in [-0.2, 0) is 13.0 Å². The molecule has 0 unspecified atom stereocenters. The van der Waals surface area contributed by atoms with Crippen LogP contribution >= 0.6 is 0 Å². The zero-order chi connectivity index (χ0) is 13.9. The standard InChI is InChI=1S/C17H18N2O/c1-2-4-13-6-8-14(9-7-13)16-11-19-10-3-5-15(12-20)17(19)18-16/h3,5-11,20H,2,4,12H2,1H3. The quantitative estimate of drug-likeness (QED) is 0.785. The molecule has 102 valence electrons. The molecule has 0 atom stereocenters. The number of aryl methyl sites for hydroxylation is 1. The van der Waals surface area contributed by atoms with E-state index >= 15 is 0 Å². The topological polar surface area (TPSA) is 37.5 Å². The van der Waals surface area contributed by atoms with E-state index in [0.29, 0.717) is 0 Å². The third-order valence-electron chi connectivity index (χ3n) is 3.52. The number of rotatable bonds is 4. The van der Waals surface area contributed by atoms with Gasteiger partial charge in [0.05, 0.1) is 12.3 Å². The molecule has 0 radical (unpaired) electrons. The lowest BCUT2D eigenvalue weighted by Gasteiger charge is -2.00. The number of imidazole rings is 1. The Morgan fingerprint density at radius 2 is 1.95 bits per heavy atom. The summed E-state index contributed by atoms with van der Waals surface area (Å²) in [4.78, 5) is 4.63. The zero-order valence-electron chi connectivity index (χ0n) is 11.6. The lowest BCUT2D eigenvalue weighted by Crippen LogP contribution is -1.90. The van der Waals surface area contributed by atoms with Gasteiger partial charge in [-0.05, 0) is 18.1 Å². The molecule has 0 saturated heterocycles. The molecule has 0 aliphatic rings. The molecule has 2 aromatic heterocycles. The van der Waals surface area contributed by atoms with Gasteiger partial charge in [-0.15, -0.1) is 0 Å². The first-order chi connectivity index (χ1) is 9.81. The number of aromatic nitrogens is 2. The SMILES string of the molecule is CCCc1ccc(-c2cn3cccc(CO)c3n2)cc1. The predicted molar refractivity (Wildman–Crippen MR) is 80.5 cm³/mol. The highest BCUT2D eigenvalue weighted by Crippen LogP contribution is 2.21. The number of nitrogens with zero attached hydrogens (tertiary/aromatic N) is 2. The minimum atomic E-state index is 0.0101. The van der Waals surface area contributed by atoms with Crippen LogP contribution in [0.1, 0.15) is 24.5 Å². The number of hydrogen-bond donors (Lipinski definition) is 1. The fraction of sp³-hybridized carbons (Fsp3) is 0.235. The van der Waals surface area contributed by atoms with E-state index in [1.54, 1.807) is 0 Å². The van der Waals surface area contributed by atoms with E-state index in [1.807, 2.05) is 28.9 Å². The molecule has 1 N–H and O–H groups in total. The van der Waals surface area contributed by atoms with Crippen molar-refractivity contribution in [2.75, 3.05) is 0 Å². The minimum Gasteiger partial charge on any atom is -0.392 e. The molecule has 1 aromatic carbocycles. The van der Waals surface area contributed by atoms with Gasteiger partial charge in [0.2, 0.25) is 0 Å². The molecule has 0 fully saturated rings. The highest BCUT2D eigenvalue weighted by atomic mass is 16.3. The second kappa shape index (κ2) is 5.47. The number of pyridine rings is 1. The summed E-state index contributed by atoms with van der Waals surface area (Å²) in [6.45, 7) is 2.20. The average molecular weight is 266 g/mol. The molecule has 2 heterocycles. The smallest absolute Gasteiger partial charge is 0.142 e. The van der Waals surface area contributed by atoms with Crippen LogP contribution in [0.15, 0.2) is 48.8 Å². The Labute approximate surface area is 118 Å². The number of fused-ring (bicyclic) bond motifs is 1. The van der Waals surface area contributed by atoms with Gasteiger partial charge in [-0.1, -0.05) is 43.7 Å². The molecular weight excluding hydrogens is 248 g/mol. The minimum absolute atomic E-state index is 0.0101. The number of benzene rings is 1. The van der Waals surface area contributed by atoms with Crippen molar-refractivity contribution in [3.63, 3.8) is 0 Å². The van der Waals surface area contributed by atoms with Gasteiger partial charge in [0.25, 0.3) is 0 Å². The lowest BCUT2D eigenvalue weighted by molar-refractivity contribution is 0.282. The fourth-order valence-corrected chi connectivity index (χ4v) is 2.46. The van der Waals surface area contributed by atoms with E-state index in [1.165, 1.54) is 5.56 Å². The van der Waals surface area contributed by atoms with Crippen molar-refractivity contribution in [1.82, 2.24) is 9.38 Å². The molecule has 3 rings (SSSR count). The van der Waals surface area contributed by atoms with E-state index in [4.69, 9.17) is 0 Å². The van der Waals surface area contributed by atoms with E-state index in [0.717, 1.165) is 35.3 Å². The van der Waals surface area contributed by atoms with Crippen LogP contribution in [0.2, 0.25) is 0 Å². The molecule has 3 heteroatoms. The van der Waals surface area contributed by atoms with Gasteiger partial charge in [-0.25, -0.2) is 4.98 Å². The summed E-state index contributed by atoms with van der Waals surface area (Å²) < 4.78 is 1.96. The van der Waals surface area contributed by atoms with Crippen LogP contribution in [0.4, 0.5) is 0 Å². The second-order valence-corrected chi connectivity index (χ2v) is 5.00. The largest absolute Gasteiger partial charge is 0.392 e. The molecule has 0 aliphatic heterocycles. The Bertz CT molecular complexity index is 713. The molecule has 0 spiro atoms. The average Bonchev–Trinajstić information content (AvgIpc) is 2.92. The Morgan fingerprint density at radius 3 is 2.65 bits per heavy atom. The van der Waals surface area contributed by atoms with E-state index in [2.05, 4.69) is 36.2 Å². The molecule has 20 heavy (non-hydrogen) atoms. The van der Waals surface area contributed by atoms with Crippen molar-refractivity contribution >= 4 is 5.65 Å². The summed E-state index contributed by atoms with van der Waals surface area (Å²) in [5.74, 6) is 0. The molecule has 3 aromatic rings. The van der Waals surface area contributed by atoms with Crippen molar-refractivity contribution in [1.29, 1.82) is 0 Å². The van der Waals surface area contributed by atoms with Crippen molar-refractivity contribution in [3.8, 4) is 11.3 Å². The Morgan fingerprint density at radius 1 is 1.15 bits per heavy atom. The number of hydrogen-bond acceptors (Lipinski definition) is 2. The zero-order valence-corrected chi connectivity index (χ0v) is 11.6. The molecule has 0 bridgehead atoms. The summed E-state index contributed by atoms with van der Waals surface area (Å²) >= 11 is 0. The van der Waals surface area contributed by atoms with Crippen molar-refractivity contribution in [3.05, 3.63) is 59.9 Å². The Hall–Kier alpha value is -2.13. The van der Waals surface area contributed by atoms with E-state index in [9.17, 15) is 5.11 Å². The molecule has 0 aliphatic carbocycles. The fourth-order valence-electron chi connectivity index (χ4n) is 2.46. The molecular formula is C17H18N2O. The third-order valence-corrected chi connectivity index (χ3v) is 3.52. The lowest BCUT2D eigenvalue weighted by atomic mass is 10.1. The van der Waals surface area contributed by atoms with Crippen LogP contribution in [0.25, 0.3) is 16.9 Å². The summed E-state index contributed by atoms with van der Waals surface area (Å²) in [6, 6.07) is 12.4. The van der Waals surface area contributed by atoms with Gasteiger partial charge < -0.3 is 9.51 Å². The molecule has 0 amide bonds. The maximum atomic E-state index is 9.36. The van der Waals surface area contributed by atoms with Gasteiger partial charge in [-0.2, -0.15) is 0 Å². The van der Waals surface area contributed by atoms with Crippen LogP contribution < -0.4 is 0 Å². The van der Waals surface area contributed by atoms with E-state index < -0.39 is 0 Å². The maximum Gasteiger partial charge on any atom is 0.142 e. The van der Waals surface area contributed by atoms with Crippen molar-refractivity contribution in [2.45, 2.75) is 26.4 Å². The van der Waals surface area contributed by atoms with Crippen LogP contribution in [0, 0.1) is 0 Å². The Kier molecular flexibility index (Phi) is 3.52. The normalized spacial score (nSPS) is 11.1. The second-order valence-electron chi connectivity index (χ2n) is 5.00. The van der Waals surface area contributed by atoms with Gasteiger partial charge in [0.15, 0.2) is 0 Å². The first kappa shape index (κ1) is 12.9. The highest BCUT2D eigenvalue weighted by Gasteiger charge is 2.07. The van der Waals surface area contributed by atoms with Crippen LogP contribution in [-0.4, -0.2) is 14.5 Å². The van der Waals surface area contributed by atoms with E-state index in [-0.39, 0.29) is 6.61 Å². The van der Waals surface area contributed by atoms with Gasteiger partial charge in [0, 0.05) is 23.5 Å². The summed E-state index contributed by atoms with van der Waals surface area (Å²) in [5.41, 5.74) is 5.08. The van der Waals surface area contributed by atoms with Crippen LogP contribution in [0.5, 0.6) is 0 Å². The molecule has 0 saturated carbocycles. The Balaban J connectivity index is 2.01. The predicted octanol–water partition coefficient (Wildman–Crippen LogP) is 3.45. The third kappa shape index (κ3) is 2.32. The van der Waals surface area contributed by atoms with Crippen LogP contribution in [0.3, 0.4) is 0 Å². The number of aliphatic hydroxyl groups is 1. The van der Waals surface area contributed by atoms with Gasteiger partial charge in [-0.3, -0.25) is 0 Å². The highest BCUT2D eigenvalue weighted by molar-refractivity contribution is 5.64. The van der Waals surface area contributed by atoms with Crippen molar-refractivity contribution < 1.29 is 5.11 Å². The first-order valence-corrected chi connectivity index (χ1v) is 6.98. The summed E-state index contributed by atoms with van der Waals surface area (Å²) in [6.07, 6.45) is 6.23. The number of aliphatic hydroxyl groups excluding tert-OH is 1. The summed E-state index contributed by atoms with van der Waals surface area (Å²) in [5, 5.41) is 9.36. The van der Waals surface area contributed by atoms with Crippen molar-refractivity contribution in [2.24, 2.45) is 0 Å². The first-order valence-electron chi connectivity index (χ1n) is 6.98.